The monoisotopic (exact) mass is 218 g/mol. The number of ether oxygens (including phenoxy) is 1. The van der Waals surface area contributed by atoms with Gasteiger partial charge >= 0.3 is 0 Å². The number of amides is 1. The number of aromatic nitrogens is 1. The molecule has 5 nitrogen and oxygen atoms in total. The number of alkyl halides is 2. The van der Waals surface area contributed by atoms with Crippen molar-refractivity contribution >= 4 is 5.91 Å². The van der Waals surface area contributed by atoms with Gasteiger partial charge in [0.25, 0.3) is 12.3 Å². The number of hydrogen-bond donors (Lipinski definition) is 2. The fraction of sp³-hybridized carbons (Fsp3) is 0.250. The Labute approximate surface area is 83.5 Å². The summed E-state index contributed by atoms with van der Waals surface area (Å²) < 4.78 is 29.2. The molecule has 0 radical (unpaired) electrons. The van der Waals surface area contributed by atoms with Crippen LogP contribution in [0.5, 0.6) is 11.5 Å². The van der Waals surface area contributed by atoms with Gasteiger partial charge in [-0.1, -0.05) is 0 Å². The predicted molar refractivity (Wildman–Crippen MR) is 45.9 cm³/mol. The van der Waals surface area contributed by atoms with Crippen molar-refractivity contribution in [1.29, 1.82) is 0 Å². The zero-order chi connectivity index (χ0) is 11.6. The number of primary amides is 1. The van der Waals surface area contributed by atoms with Crippen LogP contribution in [0, 0.1) is 0 Å². The van der Waals surface area contributed by atoms with E-state index in [2.05, 4.69) is 9.72 Å². The number of nitrogens with two attached hydrogens (primary N) is 1. The molecule has 1 aromatic heterocycles. The summed E-state index contributed by atoms with van der Waals surface area (Å²) in [5.41, 5.74) is 3.51. The van der Waals surface area contributed by atoms with Crippen molar-refractivity contribution in [2.75, 3.05) is 7.11 Å². The van der Waals surface area contributed by atoms with Gasteiger partial charge in [0.2, 0.25) is 0 Å². The Hall–Kier alpha value is -1.92. The van der Waals surface area contributed by atoms with Crippen molar-refractivity contribution in [3.8, 4) is 11.5 Å². The second-order valence-corrected chi connectivity index (χ2v) is 2.60. The zero-order valence-electron chi connectivity index (χ0n) is 7.70. The maximum atomic E-state index is 12.3. The van der Waals surface area contributed by atoms with Crippen molar-refractivity contribution in [3.05, 3.63) is 17.5 Å². The van der Waals surface area contributed by atoms with Gasteiger partial charge in [-0.05, 0) is 0 Å². The second-order valence-electron chi connectivity index (χ2n) is 2.60. The number of rotatable bonds is 3. The average Bonchev–Trinajstić information content (AvgIpc) is 2.15. The zero-order valence-corrected chi connectivity index (χ0v) is 7.70. The highest BCUT2D eigenvalue weighted by atomic mass is 19.3. The average molecular weight is 218 g/mol. The van der Waals surface area contributed by atoms with E-state index in [4.69, 9.17) is 5.73 Å². The van der Waals surface area contributed by atoms with Crippen molar-refractivity contribution in [3.63, 3.8) is 0 Å². The van der Waals surface area contributed by atoms with E-state index in [-0.39, 0.29) is 5.75 Å². The topological polar surface area (TPSA) is 85.4 Å². The van der Waals surface area contributed by atoms with Gasteiger partial charge in [-0.25, -0.2) is 13.8 Å². The maximum Gasteiger partial charge on any atom is 0.284 e. The SMILES string of the molecule is COc1cnc(C(F)F)c(O)c1C(N)=O. The molecule has 1 amide bonds. The summed E-state index contributed by atoms with van der Waals surface area (Å²) in [6, 6.07) is 0. The lowest BCUT2D eigenvalue weighted by molar-refractivity contribution is 0.0992. The third-order valence-corrected chi connectivity index (χ3v) is 1.72. The lowest BCUT2D eigenvalue weighted by Gasteiger charge is -2.09. The Bertz CT molecular complexity index is 396. The summed E-state index contributed by atoms with van der Waals surface area (Å²) in [7, 11) is 1.20. The van der Waals surface area contributed by atoms with Gasteiger partial charge in [0.05, 0.1) is 13.3 Å². The van der Waals surface area contributed by atoms with Crippen molar-refractivity contribution in [2.45, 2.75) is 6.43 Å². The first-order valence-corrected chi connectivity index (χ1v) is 3.82. The second kappa shape index (κ2) is 4.07. The Kier molecular flexibility index (Phi) is 3.03. The van der Waals surface area contributed by atoms with Crippen LogP contribution >= 0.6 is 0 Å². The van der Waals surface area contributed by atoms with Crippen LogP contribution in [0.1, 0.15) is 22.5 Å². The minimum absolute atomic E-state index is 0.149. The molecule has 1 heterocycles. The van der Waals surface area contributed by atoms with Gasteiger partial charge < -0.3 is 15.6 Å². The third kappa shape index (κ3) is 1.95. The van der Waals surface area contributed by atoms with Gasteiger partial charge in [-0.2, -0.15) is 0 Å². The lowest BCUT2D eigenvalue weighted by atomic mass is 10.1. The van der Waals surface area contributed by atoms with Crippen LogP contribution in [-0.4, -0.2) is 23.1 Å². The predicted octanol–water partition coefficient (Wildman–Crippen LogP) is 0.832. The molecule has 0 aliphatic heterocycles. The van der Waals surface area contributed by atoms with E-state index < -0.39 is 29.3 Å². The van der Waals surface area contributed by atoms with Crippen molar-refractivity contribution < 1.29 is 23.4 Å². The molecule has 7 heteroatoms. The van der Waals surface area contributed by atoms with Gasteiger partial charge in [-0.3, -0.25) is 4.79 Å². The first kappa shape index (κ1) is 11.2. The molecular formula is C8H8F2N2O3. The van der Waals surface area contributed by atoms with Crippen LogP contribution in [-0.2, 0) is 0 Å². The fourth-order valence-corrected chi connectivity index (χ4v) is 1.05. The highest BCUT2D eigenvalue weighted by Crippen LogP contribution is 2.33. The van der Waals surface area contributed by atoms with E-state index in [9.17, 15) is 18.7 Å². The number of aromatic hydroxyl groups is 1. The fourth-order valence-electron chi connectivity index (χ4n) is 1.05. The van der Waals surface area contributed by atoms with E-state index in [0.29, 0.717) is 0 Å². The van der Waals surface area contributed by atoms with E-state index in [0.717, 1.165) is 6.20 Å². The van der Waals surface area contributed by atoms with Crippen molar-refractivity contribution in [2.24, 2.45) is 5.73 Å². The highest BCUT2D eigenvalue weighted by molar-refractivity contribution is 5.98. The molecule has 15 heavy (non-hydrogen) atoms. The Balaban J connectivity index is 3.42. The molecule has 0 aromatic carbocycles. The van der Waals surface area contributed by atoms with Gasteiger partial charge in [-0.15, -0.1) is 0 Å². The summed E-state index contributed by atoms with van der Waals surface area (Å²) in [5.74, 6) is -2.16. The number of pyridine rings is 1. The standard InChI is InChI=1S/C8H8F2N2O3/c1-15-3-2-12-5(7(9)10)6(13)4(3)8(11)14/h2,7,13H,1H3,(H2,11,14). The number of methoxy groups -OCH3 is 1. The molecule has 82 valence electrons. The molecular weight excluding hydrogens is 210 g/mol. The number of carbonyl (C=O) groups is 1. The molecule has 0 saturated heterocycles. The minimum Gasteiger partial charge on any atom is -0.505 e. The van der Waals surface area contributed by atoms with Gasteiger partial charge in [0, 0.05) is 0 Å². The lowest BCUT2D eigenvalue weighted by Crippen LogP contribution is -2.14. The maximum absolute atomic E-state index is 12.3. The first-order chi connectivity index (χ1) is 6.99. The molecule has 0 saturated carbocycles. The van der Waals surface area contributed by atoms with E-state index >= 15 is 0 Å². The van der Waals surface area contributed by atoms with E-state index in [1.165, 1.54) is 7.11 Å². The van der Waals surface area contributed by atoms with Crippen molar-refractivity contribution in [1.82, 2.24) is 4.98 Å². The van der Waals surface area contributed by atoms with Crippen LogP contribution in [0.25, 0.3) is 0 Å². The molecule has 0 atom stereocenters. The number of carbonyl (C=O) groups excluding carboxylic acids is 1. The van der Waals surface area contributed by atoms with Crippen LogP contribution in [0.4, 0.5) is 8.78 Å². The number of nitrogens with zero attached hydrogens (tertiary/aromatic N) is 1. The number of halogens is 2. The third-order valence-electron chi connectivity index (χ3n) is 1.72. The summed E-state index contributed by atoms with van der Waals surface area (Å²) >= 11 is 0. The Morgan fingerprint density at radius 2 is 2.27 bits per heavy atom. The molecule has 0 unspecified atom stereocenters. The molecule has 0 spiro atoms. The summed E-state index contributed by atoms with van der Waals surface area (Å²) in [6.07, 6.45) is -2.09. The van der Waals surface area contributed by atoms with Gasteiger partial charge in [0.15, 0.2) is 11.5 Å². The van der Waals surface area contributed by atoms with Crippen LogP contribution in [0.15, 0.2) is 6.20 Å². The molecule has 3 N–H and O–H groups in total. The summed E-state index contributed by atoms with van der Waals surface area (Å²) in [5, 5.41) is 9.32. The molecule has 1 aromatic rings. The first-order valence-electron chi connectivity index (χ1n) is 3.82. The van der Waals surface area contributed by atoms with Crippen LogP contribution < -0.4 is 10.5 Å². The molecule has 1 rings (SSSR count). The minimum atomic E-state index is -2.99. The molecule has 0 fully saturated rings. The quantitative estimate of drug-likeness (QED) is 0.786. The van der Waals surface area contributed by atoms with E-state index in [1.54, 1.807) is 0 Å². The van der Waals surface area contributed by atoms with E-state index in [1.807, 2.05) is 0 Å². The molecule has 0 bridgehead atoms. The highest BCUT2D eigenvalue weighted by Gasteiger charge is 2.23. The summed E-state index contributed by atoms with van der Waals surface area (Å²) in [6.45, 7) is 0. The number of hydrogen-bond acceptors (Lipinski definition) is 4. The Morgan fingerprint density at radius 3 is 2.67 bits per heavy atom. The normalized spacial score (nSPS) is 10.4. The smallest absolute Gasteiger partial charge is 0.284 e. The largest absolute Gasteiger partial charge is 0.505 e. The van der Waals surface area contributed by atoms with Crippen LogP contribution in [0.3, 0.4) is 0 Å². The molecule has 0 aliphatic rings. The van der Waals surface area contributed by atoms with Crippen LogP contribution in [0.2, 0.25) is 0 Å². The Morgan fingerprint density at radius 1 is 1.67 bits per heavy atom. The summed E-state index contributed by atoms with van der Waals surface area (Å²) in [4.78, 5) is 14.1. The van der Waals surface area contributed by atoms with Gasteiger partial charge in [0.1, 0.15) is 11.3 Å². The molecule has 0 aliphatic carbocycles.